The van der Waals surface area contributed by atoms with Gasteiger partial charge in [0.05, 0.1) is 4.92 Å². The minimum Gasteiger partial charge on any atom is -0.449 e. The highest BCUT2D eigenvalue weighted by Crippen LogP contribution is 2.27. The number of hydrogen-bond donors (Lipinski definition) is 4. The van der Waals surface area contributed by atoms with Crippen molar-refractivity contribution >= 4 is 47.1 Å². The second kappa shape index (κ2) is 16.6. The smallest absolute Gasteiger partial charge is 0.449 e. The van der Waals surface area contributed by atoms with Crippen molar-refractivity contribution in [2.45, 2.75) is 65.0 Å². The molecule has 0 fully saturated rings. The second-order valence-electron chi connectivity index (χ2n) is 11.3. The van der Waals surface area contributed by atoms with E-state index in [4.69, 9.17) is 9.84 Å². The molecule has 0 radical (unpaired) electrons. The van der Waals surface area contributed by atoms with Gasteiger partial charge in [0.1, 0.15) is 17.8 Å². The Bertz CT molecular complexity index is 1540. The number of imide groups is 1. The molecule has 0 bridgehead atoms. The van der Waals surface area contributed by atoms with Crippen molar-refractivity contribution in [2.75, 3.05) is 11.9 Å². The lowest BCUT2D eigenvalue weighted by atomic mass is 10.0. The fraction of sp³-hybridized carbons (Fsp3) is 0.375. The van der Waals surface area contributed by atoms with Gasteiger partial charge in [0, 0.05) is 54.9 Å². The van der Waals surface area contributed by atoms with E-state index in [1.807, 2.05) is 0 Å². The first-order valence-corrected chi connectivity index (χ1v) is 15.0. The summed E-state index contributed by atoms with van der Waals surface area (Å²) in [6, 6.07) is 8.23. The first-order valence-electron chi connectivity index (χ1n) is 15.0. The summed E-state index contributed by atoms with van der Waals surface area (Å²) in [5.41, 5.74) is 1.12. The van der Waals surface area contributed by atoms with Gasteiger partial charge in [0.25, 0.3) is 17.5 Å². The number of carbonyl (C=O) groups is 6. The zero-order chi connectivity index (χ0) is 34.7. The molecule has 1 aliphatic heterocycles. The van der Waals surface area contributed by atoms with Crippen LogP contribution in [0.15, 0.2) is 54.6 Å². The summed E-state index contributed by atoms with van der Waals surface area (Å²) in [7, 11) is 0. The molecule has 2 atom stereocenters. The first kappa shape index (κ1) is 35.9. The van der Waals surface area contributed by atoms with Crippen molar-refractivity contribution < 1.29 is 43.5 Å². The predicted octanol–water partition coefficient (Wildman–Crippen LogP) is 3.31. The fourth-order valence-electron chi connectivity index (χ4n) is 4.72. The van der Waals surface area contributed by atoms with Crippen LogP contribution in [0.2, 0.25) is 0 Å². The van der Waals surface area contributed by atoms with Crippen LogP contribution >= 0.6 is 0 Å². The number of nitrogens with zero attached hydrogens (tertiary/aromatic N) is 2. The van der Waals surface area contributed by atoms with E-state index in [0.29, 0.717) is 30.5 Å². The van der Waals surface area contributed by atoms with E-state index >= 15 is 0 Å². The largest absolute Gasteiger partial charge is 0.511 e. The van der Waals surface area contributed by atoms with Gasteiger partial charge in [0.2, 0.25) is 17.7 Å². The van der Waals surface area contributed by atoms with Gasteiger partial charge in [-0.3, -0.25) is 39.0 Å². The van der Waals surface area contributed by atoms with E-state index < -0.39 is 35.0 Å². The molecular weight excluding hydrogens is 614 g/mol. The van der Waals surface area contributed by atoms with E-state index in [-0.39, 0.29) is 60.0 Å². The summed E-state index contributed by atoms with van der Waals surface area (Å²) in [6.07, 6.45) is 2.82. The molecule has 250 valence electrons. The van der Waals surface area contributed by atoms with Gasteiger partial charge in [-0.2, -0.15) is 0 Å². The highest BCUT2D eigenvalue weighted by atomic mass is 16.7. The summed E-state index contributed by atoms with van der Waals surface area (Å²) in [4.78, 5) is 84.3. The molecule has 47 heavy (non-hydrogen) atoms. The third kappa shape index (κ3) is 10.8. The SMILES string of the molecule is CC(C)[C@H](NC(=O)CCCCCN1C(=O)C=CC1=O)C(=O)N[C@@H](C)C(=O)Nc1ccc(Cc2cc([N+](=O)[O-])ccc2OC(=O)O)cc1. The Morgan fingerprint density at radius 3 is 2.17 bits per heavy atom. The van der Waals surface area contributed by atoms with Crippen molar-refractivity contribution in [3.8, 4) is 5.75 Å². The third-order valence-corrected chi connectivity index (χ3v) is 7.27. The van der Waals surface area contributed by atoms with E-state index in [9.17, 15) is 38.9 Å². The maximum atomic E-state index is 13.0. The number of benzene rings is 2. The minimum absolute atomic E-state index is 0.0377. The zero-order valence-corrected chi connectivity index (χ0v) is 26.2. The molecular formula is C32H37N5O10. The number of anilines is 1. The number of rotatable bonds is 16. The normalized spacial score (nSPS) is 13.7. The molecule has 1 aliphatic rings. The monoisotopic (exact) mass is 651 g/mol. The number of carbonyl (C=O) groups excluding carboxylic acids is 5. The average Bonchev–Trinajstić information content (AvgIpc) is 3.33. The molecule has 0 aromatic heterocycles. The Morgan fingerprint density at radius 2 is 1.57 bits per heavy atom. The highest BCUT2D eigenvalue weighted by molar-refractivity contribution is 6.12. The number of nitro groups is 1. The van der Waals surface area contributed by atoms with Crippen molar-refractivity contribution in [3.05, 3.63) is 75.9 Å². The lowest BCUT2D eigenvalue weighted by Crippen LogP contribution is -2.53. The number of ether oxygens (including phenoxy) is 1. The lowest BCUT2D eigenvalue weighted by Gasteiger charge is -2.24. The predicted molar refractivity (Wildman–Crippen MR) is 168 cm³/mol. The Labute approximate surface area is 270 Å². The van der Waals surface area contributed by atoms with Crippen LogP contribution in [0.3, 0.4) is 0 Å². The molecule has 1 heterocycles. The average molecular weight is 652 g/mol. The van der Waals surface area contributed by atoms with E-state index in [2.05, 4.69) is 16.0 Å². The van der Waals surface area contributed by atoms with Gasteiger partial charge in [-0.15, -0.1) is 0 Å². The molecule has 0 unspecified atom stereocenters. The highest BCUT2D eigenvalue weighted by Gasteiger charge is 2.27. The van der Waals surface area contributed by atoms with Crippen LogP contribution in [0.4, 0.5) is 16.2 Å². The molecule has 0 aliphatic carbocycles. The van der Waals surface area contributed by atoms with Gasteiger partial charge in [-0.1, -0.05) is 32.4 Å². The molecule has 2 aromatic rings. The van der Waals surface area contributed by atoms with Crippen molar-refractivity contribution in [3.63, 3.8) is 0 Å². The lowest BCUT2D eigenvalue weighted by molar-refractivity contribution is -0.384. The fourth-order valence-corrected chi connectivity index (χ4v) is 4.72. The number of unbranched alkanes of at least 4 members (excludes halogenated alkanes) is 2. The van der Waals surface area contributed by atoms with Crippen LogP contribution in [-0.4, -0.2) is 69.2 Å². The van der Waals surface area contributed by atoms with E-state index in [0.717, 1.165) is 11.0 Å². The molecule has 4 N–H and O–H groups in total. The molecule has 0 saturated heterocycles. The maximum absolute atomic E-state index is 13.0. The topological polar surface area (TPSA) is 214 Å². The van der Waals surface area contributed by atoms with Crippen LogP contribution in [0.1, 0.15) is 57.6 Å². The minimum atomic E-state index is -1.56. The maximum Gasteiger partial charge on any atom is 0.511 e. The Hall–Kier alpha value is -5.60. The van der Waals surface area contributed by atoms with Gasteiger partial charge in [-0.05, 0) is 49.4 Å². The molecule has 15 heteroatoms. The number of nitrogens with one attached hydrogen (secondary N) is 3. The molecule has 15 nitrogen and oxygen atoms in total. The van der Waals surface area contributed by atoms with E-state index in [1.54, 1.807) is 38.1 Å². The van der Waals surface area contributed by atoms with Crippen molar-refractivity contribution in [2.24, 2.45) is 5.92 Å². The van der Waals surface area contributed by atoms with Crippen LogP contribution in [0, 0.1) is 16.0 Å². The van der Waals surface area contributed by atoms with Gasteiger partial charge < -0.3 is 25.8 Å². The van der Waals surface area contributed by atoms with Crippen molar-refractivity contribution in [1.82, 2.24) is 15.5 Å². The van der Waals surface area contributed by atoms with Gasteiger partial charge in [0.15, 0.2) is 0 Å². The van der Waals surface area contributed by atoms with Gasteiger partial charge >= 0.3 is 6.16 Å². The number of hydrogen-bond acceptors (Lipinski definition) is 9. The number of amides is 5. The molecule has 0 saturated carbocycles. The van der Waals surface area contributed by atoms with Gasteiger partial charge in [-0.25, -0.2) is 4.79 Å². The quantitative estimate of drug-likeness (QED) is 0.0519. The number of nitro benzene ring substituents is 1. The number of non-ortho nitro benzene ring substituents is 1. The molecule has 5 amide bonds. The second-order valence-corrected chi connectivity index (χ2v) is 11.3. The Morgan fingerprint density at radius 1 is 0.915 bits per heavy atom. The summed E-state index contributed by atoms with van der Waals surface area (Å²) in [5, 5.41) is 28.2. The van der Waals surface area contributed by atoms with Crippen LogP contribution in [-0.2, 0) is 30.4 Å². The van der Waals surface area contributed by atoms with Crippen molar-refractivity contribution in [1.29, 1.82) is 0 Å². The first-order chi connectivity index (χ1) is 22.2. The Balaban J connectivity index is 1.48. The number of carboxylic acid groups (broad SMARTS) is 1. The standard InChI is InChI=1S/C32H37N5O10/c1-19(2)29(35-26(38)7-5-4-6-16-36-27(39)14-15-28(36)40)31(42)33-20(3)30(41)34-23-10-8-21(9-11-23)17-22-18-24(37(45)46)12-13-25(22)47-32(43)44/h8-15,18-20,29H,4-7,16-17H2,1-3H3,(H,33,42)(H,34,41)(H,35,38)(H,43,44)/t20-,29-/m0/s1. The summed E-state index contributed by atoms with van der Waals surface area (Å²) < 4.78 is 4.74. The third-order valence-electron chi connectivity index (χ3n) is 7.27. The van der Waals surface area contributed by atoms with Crippen LogP contribution < -0.4 is 20.7 Å². The van der Waals surface area contributed by atoms with Crippen LogP contribution in [0.5, 0.6) is 5.75 Å². The van der Waals surface area contributed by atoms with Crippen LogP contribution in [0.25, 0.3) is 0 Å². The molecule has 2 aromatic carbocycles. The summed E-state index contributed by atoms with van der Waals surface area (Å²) >= 11 is 0. The summed E-state index contributed by atoms with van der Waals surface area (Å²) in [5.74, 6) is -2.38. The Kier molecular flexibility index (Phi) is 12.7. The van der Waals surface area contributed by atoms with E-state index in [1.165, 1.54) is 31.2 Å². The molecule has 3 rings (SSSR count). The molecule has 0 spiro atoms. The summed E-state index contributed by atoms with van der Waals surface area (Å²) in [6.45, 7) is 5.30. The zero-order valence-electron chi connectivity index (χ0n) is 26.2.